The highest BCUT2D eigenvalue weighted by atomic mass is 32.1. The standard InChI is InChI=1S/C23H22N4O4S/c1-31-22(30)19(12-14-13-24-17-8-4-2-6-15(14)17)25-20(28)10-11-27-21(29)16-7-3-5-9-18(16)26-23(27)32/h2-9,13,19,24H,10-12H2,1H3,(H,25,28)(H,26,32)/t19-/m0/s1. The molecule has 0 aliphatic carbocycles. The Bertz CT molecular complexity index is 1420. The molecule has 2 aromatic heterocycles. The van der Waals surface area contributed by atoms with E-state index in [1.54, 1.807) is 18.2 Å². The van der Waals surface area contributed by atoms with Crippen LogP contribution in [0.3, 0.4) is 0 Å². The van der Waals surface area contributed by atoms with Crippen LogP contribution in [0, 0.1) is 4.77 Å². The smallest absolute Gasteiger partial charge is 0.328 e. The van der Waals surface area contributed by atoms with Crippen LogP contribution < -0.4 is 10.9 Å². The van der Waals surface area contributed by atoms with E-state index in [9.17, 15) is 14.4 Å². The normalized spacial score (nSPS) is 12.0. The Kier molecular flexibility index (Phi) is 6.18. The Morgan fingerprint density at radius 2 is 1.78 bits per heavy atom. The first kappa shape index (κ1) is 21.5. The highest BCUT2D eigenvalue weighted by molar-refractivity contribution is 7.71. The maximum absolute atomic E-state index is 12.7. The van der Waals surface area contributed by atoms with Gasteiger partial charge in [-0.1, -0.05) is 30.3 Å². The zero-order chi connectivity index (χ0) is 22.7. The number of aromatic amines is 2. The van der Waals surface area contributed by atoms with Crippen molar-refractivity contribution in [1.82, 2.24) is 19.9 Å². The molecule has 0 bridgehead atoms. The van der Waals surface area contributed by atoms with Crippen LogP contribution in [0.5, 0.6) is 0 Å². The van der Waals surface area contributed by atoms with Crippen molar-refractivity contribution in [3.63, 3.8) is 0 Å². The summed E-state index contributed by atoms with van der Waals surface area (Å²) >= 11 is 5.29. The summed E-state index contributed by atoms with van der Waals surface area (Å²) in [5.41, 5.74) is 2.22. The fourth-order valence-electron chi connectivity index (χ4n) is 3.74. The van der Waals surface area contributed by atoms with Crippen molar-refractivity contribution in [2.45, 2.75) is 25.4 Å². The summed E-state index contributed by atoms with van der Waals surface area (Å²) in [5, 5.41) is 4.20. The van der Waals surface area contributed by atoms with Gasteiger partial charge in [0.2, 0.25) is 5.91 Å². The van der Waals surface area contributed by atoms with E-state index in [0.717, 1.165) is 16.5 Å². The van der Waals surface area contributed by atoms with Crippen LogP contribution >= 0.6 is 12.2 Å². The first-order chi connectivity index (χ1) is 15.5. The summed E-state index contributed by atoms with van der Waals surface area (Å²) in [7, 11) is 1.28. The number of amides is 1. The van der Waals surface area contributed by atoms with E-state index < -0.39 is 12.0 Å². The number of carbonyl (C=O) groups excluding carboxylic acids is 2. The highest BCUT2D eigenvalue weighted by Gasteiger charge is 2.23. The van der Waals surface area contributed by atoms with Gasteiger partial charge in [-0.05, 0) is 36.0 Å². The van der Waals surface area contributed by atoms with Crippen LogP contribution in [-0.4, -0.2) is 39.6 Å². The second-order valence-electron chi connectivity index (χ2n) is 7.39. The molecule has 1 amide bonds. The lowest BCUT2D eigenvalue weighted by molar-refractivity contribution is -0.145. The average molecular weight is 451 g/mol. The van der Waals surface area contributed by atoms with E-state index in [0.29, 0.717) is 10.9 Å². The quantitative estimate of drug-likeness (QED) is 0.296. The van der Waals surface area contributed by atoms with Gasteiger partial charge < -0.3 is 20.0 Å². The van der Waals surface area contributed by atoms with E-state index in [1.165, 1.54) is 11.7 Å². The molecule has 3 N–H and O–H groups in total. The van der Waals surface area contributed by atoms with E-state index >= 15 is 0 Å². The molecule has 0 unspecified atom stereocenters. The van der Waals surface area contributed by atoms with Gasteiger partial charge in [-0.25, -0.2) is 4.79 Å². The minimum Gasteiger partial charge on any atom is -0.467 e. The van der Waals surface area contributed by atoms with Gasteiger partial charge in [0.05, 0.1) is 18.0 Å². The zero-order valence-corrected chi connectivity index (χ0v) is 18.2. The lowest BCUT2D eigenvalue weighted by atomic mass is 10.0. The molecular weight excluding hydrogens is 428 g/mol. The number of para-hydroxylation sites is 2. The Labute approximate surface area is 188 Å². The Balaban J connectivity index is 1.49. The Morgan fingerprint density at radius 1 is 1.09 bits per heavy atom. The number of nitrogens with one attached hydrogen (secondary N) is 3. The number of fused-ring (bicyclic) bond motifs is 2. The summed E-state index contributed by atoms with van der Waals surface area (Å²) < 4.78 is 6.47. The number of ether oxygens (including phenoxy) is 1. The van der Waals surface area contributed by atoms with E-state index in [1.807, 2.05) is 36.5 Å². The van der Waals surface area contributed by atoms with Crippen molar-refractivity contribution >= 4 is 45.9 Å². The van der Waals surface area contributed by atoms with Gasteiger partial charge in [-0.15, -0.1) is 0 Å². The van der Waals surface area contributed by atoms with Gasteiger partial charge in [0.1, 0.15) is 6.04 Å². The fourth-order valence-corrected chi connectivity index (χ4v) is 4.02. The molecule has 9 heteroatoms. The summed E-state index contributed by atoms with van der Waals surface area (Å²) in [4.78, 5) is 43.9. The monoisotopic (exact) mass is 450 g/mol. The van der Waals surface area contributed by atoms with Gasteiger partial charge in [-0.3, -0.25) is 14.2 Å². The molecule has 2 heterocycles. The molecular formula is C23H22N4O4S. The minimum absolute atomic E-state index is 0.0168. The Hall–Kier alpha value is -3.72. The number of benzene rings is 2. The van der Waals surface area contributed by atoms with Crippen LogP contribution in [0.25, 0.3) is 21.8 Å². The van der Waals surface area contributed by atoms with Crippen molar-refractivity contribution in [3.8, 4) is 0 Å². The number of hydrogen-bond acceptors (Lipinski definition) is 5. The van der Waals surface area contributed by atoms with Gasteiger partial charge >= 0.3 is 5.97 Å². The summed E-state index contributed by atoms with van der Waals surface area (Å²) in [6.45, 7) is 0.0891. The van der Waals surface area contributed by atoms with Crippen LogP contribution in [0.15, 0.2) is 59.5 Å². The number of methoxy groups -OCH3 is 1. The Morgan fingerprint density at radius 3 is 2.53 bits per heavy atom. The zero-order valence-electron chi connectivity index (χ0n) is 17.4. The lowest BCUT2D eigenvalue weighted by Gasteiger charge is -2.16. The molecule has 4 rings (SSSR count). The van der Waals surface area contributed by atoms with Gasteiger partial charge in [-0.2, -0.15) is 0 Å². The maximum Gasteiger partial charge on any atom is 0.328 e. The molecule has 0 fully saturated rings. The molecule has 8 nitrogen and oxygen atoms in total. The third-order valence-electron chi connectivity index (χ3n) is 5.37. The number of rotatable bonds is 7. The van der Waals surface area contributed by atoms with Crippen molar-refractivity contribution in [1.29, 1.82) is 0 Å². The first-order valence-electron chi connectivity index (χ1n) is 10.1. The second-order valence-corrected chi connectivity index (χ2v) is 7.78. The van der Waals surface area contributed by atoms with Crippen molar-refractivity contribution < 1.29 is 14.3 Å². The number of carbonyl (C=O) groups is 2. The molecule has 0 saturated heterocycles. The van der Waals surface area contributed by atoms with Crippen LogP contribution in [0.1, 0.15) is 12.0 Å². The van der Waals surface area contributed by atoms with Gasteiger partial charge in [0, 0.05) is 36.5 Å². The average Bonchev–Trinajstić information content (AvgIpc) is 3.21. The van der Waals surface area contributed by atoms with Crippen LogP contribution in [0.4, 0.5) is 0 Å². The number of H-pyrrole nitrogens is 2. The lowest BCUT2D eigenvalue weighted by Crippen LogP contribution is -2.43. The van der Waals surface area contributed by atoms with E-state index in [4.69, 9.17) is 17.0 Å². The third-order valence-corrected chi connectivity index (χ3v) is 5.69. The molecule has 0 aliphatic rings. The molecule has 0 spiro atoms. The van der Waals surface area contributed by atoms with Crippen molar-refractivity contribution in [2.24, 2.45) is 0 Å². The molecule has 0 radical (unpaired) electrons. The maximum atomic E-state index is 12.7. The summed E-state index contributed by atoms with van der Waals surface area (Å²) in [6, 6.07) is 13.9. The molecule has 32 heavy (non-hydrogen) atoms. The molecule has 1 atom stereocenters. The van der Waals surface area contributed by atoms with Crippen LogP contribution in [-0.2, 0) is 27.3 Å². The molecule has 164 valence electrons. The predicted octanol–water partition coefficient (Wildman–Crippen LogP) is 2.83. The summed E-state index contributed by atoms with van der Waals surface area (Å²) in [6.07, 6.45) is 2.08. The minimum atomic E-state index is -0.852. The SMILES string of the molecule is COC(=O)[C@H](Cc1c[nH]c2ccccc12)NC(=O)CCn1c(=S)[nH]c2ccccc2c1=O. The largest absolute Gasteiger partial charge is 0.467 e. The first-order valence-corrected chi connectivity index (χ1v) is 10.5. The van der Waals surface area contributed by atoms with Gasteiger partial charge in [0.25, 0.3) is 5.56 Å². The molecule has 0 aliphatic heterocycles. The van der Waals surface area contributed by atoms with Crippen molar-refractivity contribution in [3.05, 3.63) is 75.4 Å². The second kappa shape index (κ2) is 9.19. The van der Waals surface area contributed by atoms with Gasteiger partial charge in [0.15, 0.2) is 4.77 Å². The van der Waals surface area contributed by atoms with Crippen molar-refractivity contribution in [2.75, 3.05) is 7.11 Å². The summed E-state index contributed by atoms with van der Waals surface area (Å²) in [5.74, 6) is -0.918. The third kappa shape index (κ3) is 4.33. The van der Waals surface area contributed by atoms with Crippen LogP contribution in [0.2, 0.25) is 0 Å². The predicted molar refractivity (Wildman–Crippen MR) is 124 cm³/mol. The highest BCUT2D eigenvalue weighted by Crippen LogP contribution is 2.19. The van der Waals surface area contributed by atoms with E-state index in [-0.39, 0.29) is 35.6 Å². The molecule has 0 saturated carbocycles. The molecule has 2 aromatic carbocycles. The molecule has 4 aromatic rings. The number of nitrogens with zero attached hydrogens (tertiary/aromatic N) is 1. The topological polar surface area (TPSA) is 109 Å². The number of esters is 1. The van der Waals surface area contributed by atoms with E-state index in [2.05, 4.69) is 15.3 Å². The number of hydrogen-bond donors (Lipinski definition) is 3. The fraction of sp³-hybridized carbons (Fsp3) is 0.217. The number of aromatic nitrogens is 3.